The molecule has 208 valence electrons. The van der Waals surface area contributed by atoms with E-state index in [0.717, 1.165) is 47.1 Å². The van der Waals surface area contributed by atoms with Gasteiger partial charge in [0.1, 0.15) is 5.88 Å². The first-order chi connectivity index (χ1) is 18.9. The first kappa shape index (κ1) is 27.8. The van der Waals surface area contributed by atoms with Gasteiger partial charge in [0.2, 0.25) is 0 Å². The van der Waals surface area contributed by atoms with E-state index in [1.165, 1.54) is 12.1 Å². The minimum atomic E-state index is -4.43. The fourth-order valence-corrected chi connectivity index (χ4v) is 6.04. The average Bonchev–Trinajstić information content (AvgIpc) is 2.91. The Morgan fingerprint density at radius 2 is 1.45 bits per heavy atom. The van der Waals surface area contributed by atoms with Crippen LogP contribution in [0.4, 0.5) is 13.2 Å². The number of carboxylic acid groups (broad SMARTS) is 1. The summed E-state index contributed by atoms with van der Waals surface area (Å²) >= 11 is 0. The maximum atomic E-state index is 13.0. The van der Waals surface area contributed by atoms with E-state index in [4.69, 9.17) is 4.55 Å². The van der Waals surface area contributed by atoms with Crippen molar-refractivity contribution in [2.24, 2.45) is 0 Å². The van der Waals surface area contributed by atoms with Crippen LogP contribution >= 0.6 is 0 Å². The quantitative estimate of drug-likeness (QED) is 0.245. The van der Waals surface area contributed by atoms with E-state index in [1.54, 1.807) is 23.1 Å². The molecule has 0 radical (unpaired) electrons. The van der Waals surface area contributed by atoms with Gasteiger partial charge in [0, 0.05) is 0 Å². The lowest BCUT2D eigenvalue weighted by Gasteiger charge is -2.31. The molecule has 1 fully saturated rings. The zero-order valence-electron chi connectivity index (χ0n) is 21.2. The minimum Gasteiger partial charge on any atom is -0.478 e. The molecule has 5 rings (SSSR count). The lowest BCUT2D eigenvalue weighted by Crippen LogP contribution is -2.36. The number of halogens is 3. The highest BCUT2D eigenvalue weighted by Gasteiger charge is 2.30. The van der Waals surface area contributed by atoms with Crippen LogP contribution in [0.3, 0.4) is 0 Å². The molecule has 0 bridgehead atoms. The number of fused-ring (bicyclic) bond motifs is 1. The van der Waals surface area contributed by atoms with Crippen LogP contribution in [0.15, 0.2) is 78.9 Å². The van der Waals surface area contributed by atoms with Gasteiger partial charge in [-0.05, 0) is 101 Å². The number of rotatable bonds is 6. The van der Waals surface area contributed by atoms with Crippen molar-refractivity contribution in [1.29, 1.82) is 0 Å². The Bertz CT molecular complexity index is 1660. The molecule has 0 amide bonds. The van der Waals surface area contributed by atoms with E-state index >= 15 is 0 Å². The fraction of sp³-hybridized carbons (Fsp3) is 0.233. The molecule has 1 saturated heterocycles. The Balaban J connectivity index is 1.43. The third-order valence-electron chi connectivity index (χ3n) is 7.37. The molecular formula is C30H26F3NO5S. The smallest absolute Gasteiger partial charge is 0.416 e. The third kappa shape index (κ3) is 6.19. The Labute approximate surface area is 229 Å². The SMILES string of the molecule is O=C(O)c1cc(-c2ccc(C3CCN(CS(=O)(=O)O)CC3)cc2)c2ccc(-c3ccc(C(F)(F)F)cc3)cc2c1. The van der Waals surface area contributed by atoms with Crippen molar-refractivity contribution >= 4 is 26.9 Å². The molecular weight excluding hydrogens is 543 g/mol. The first-order valence-electron chi connectivity index (χ1n) is 12.6. The highest BCUT2D eigenvalue weighted by Crippen LogP contribution is 2.36. The molecule has 0 saturated carbocycles. The van der Waals surface area contributed by atoms with Gasteiger partial charge in [0.25, 0.3) is 10.1 Å². The Hall–Kier alpha value is -3.73. The predicted molar refractivity (Wildman–Crippen MR) is 147 cm³/mol. The predicted octanol–water partition coefficient (Wildman–Crippen LogP) is 6.92. The van der Waals surface area contributed by atoms with E-state index in [-0.39, 0.29) is 17.4 Å². The molecule has 0 aliphatic carbocycles. The summed E-state index contributed by atoms with van der Waals surface area (Å²) in [6.07, 6.45) is -2.93. The van der Waals surface area contributed by atoms with Crippen LogP contribution in [0.25, 0.3) is 33.0 Å². The number of hydrogen-bond acceptors (Lipinski definition) is 4. The zero-order chi connectivity index (χ0) is 28.7. The topological polar surface area (TPSA) is 94.9 Å². The van der Waals surface area contributed by atoms with Crippen molar-refractivity contribution < 1.29 is 36.0 Å². The van der Waals surface area contributed by atoms with E-state index < -0.39 is 27.8 Å². The molecule has 0 aromatic heterocycles. The lowest BCUT2D eigenvalue weighted by molar-refractivity contribution is -0.137. The number of benzene rings is 4. The van der Waals surface area contributed by atoms with E-state index in [2.05, 4.69) is 0 Å². The lowest BCUT2D eigenvalue weighted by atomic mass is 9.87. The average molecular weight is 570 g/mol. The van der Waals surface area contributed by atoms with Crippen molar-refractivity contribution in [2.45, 2.75) is 24.9 Å². The minimum absolute atomic E-state index is 0.0994. The largest absolute Gasteiger partial charge is 0.478 e. The molecule has 4 aromatic rings. The van der Waals surface area contributed by atoms with Crippen molar-refractivity contribution in [3.05, 3.63) is 95.6 Å². The van der Waals surface area contributed by atoms with Gasteiger partial charge < -0.3 is 5.11 Å². The van der Waals surface area contributed by atoms with Crippen LogP contribution < -0.4 is 0 Å². The maximum Gasteiger partial charge on any atom is 0.416 e. The van der Waals surface area contributed by atoms with E-state index in [0.29, 0.717) is 29.6 Å². The second-order valence-electron chi connectivity index (χ2n) is 10.1. The van der Waals surface area contributed by atoms with Crippen LogP contribution in [-0.2, 0) is 16.3 Å². The highest BCUT2D eigenvalue weighted by molar-refractivity contribution is 7.85. The summed E-state index contributed by atoms with van der Waals surface area (Å²) < 4.78 is 70.3. The standard InChI is InChI=1S/C30H26F3NO5S/c31-30(32,33)26-8-5-20(6-9-26)23-7-10-27-24(15-23)16-25(29(35)36)17-28(27)22-3-1-19(2-4-22)21-11-13-34(14-12-21)18-40(37,38)39/h1-10,15-17,21H,11-14,18H2,(H,35,36)(H,37,38,39). The molecule has 1 aliphatic heterocycles. The second kappa shape index (κ2) is 10.7. The summed E-state index contributed by atoms with van der Waals surface area (Å²) in [4.78, 5) is 13.6. The highest BCUT2D eigenvalue weighted by atomic mass is 32.2. The summed E-state index contributed by atoms with van der Waals surface area (Å²) in [7, 11) is -4.05. The number of aromatic carboxylic acids is 1. The molecule has 40 heavy (non-hydrogen) atoms. The zero-order valence-corrected chi connectivity index (χ0v) is 22.0. The second-order valence-corrected chi connectivity index (χ2v) is 11.5. The Morgan fingerprint density at radius 1 is 0.850 bits per heavy atom. The van der Waals surface area contributed by atoms with Gasteiger partial charge in [-0.3, -0.25) is 9.45 Å². The normalized spacial score (nSPS) is 15.4. The van der Waals surface area contributed by atoms with Gasteiger partial charge in [-0.25, -0.2) is 4.79 Å². The van der Waals surface area contributed by atoms with E-state index in [1.807, 2.05) is 36.4 Å². The number of hydrogen-bond donors (Lipinski definition) is 2. The molecule has 1 heterocycles. The summed E-state index contributed by atoms with van der Waals surface area (Å²) in [5, 5.41) is 11.2. The first-order valence-corrected chi connectivity index (χ1v) is 14.2. The molecule has 10 heteroatoms. The summed E-state index contributed by atoms with van der Waals surface area (Å²) in [5.74, 6) is -1.22. The van der Waals surface area contributed by atoms with E-state index in [9.17, 15) is 31.5 Å². The van der Waals surface area contributed by atoms with Crippen LogP contribution in [0, 0.1) is 0 Å². The van der Waals surface area contributed by atoms with Crippen LogP contribution in [0.5, 0.6) is 0 Å². The van der Waals surface area contributed by atoms with Crippen LogP contribution in [-0.4, -0.2) is 47.9 Å². The number of carboxylic acids is 1. The molecule has 6 nitrogen and oxygen atoms in total. The summed E-state index contributed by atoms with van der Waals surface area (Å²) in [6.45, 7) is 1.11. The van der Waals surface area contributed by atoms with Crippen molar-refractivity contribution in [1.82, 2.24) is 4.90 Å². The maximum absolute atomic E-state index is 13.0. The van der Waals surface area contributed by atoms with Crippen molar-refractivity contribution in [3.63, 3.8) is 0 Å². The number of nitrogens with zero attached hydrogens (tertiary/aromatic N) is 1. The Morgan fingerprint density at radius 3 is 2.02 bits per heavy atom. The van der Waals surface area contributed by atoms with Gasteiger partial charge in [0.15, 0.2) is 0 Å². The number of piperidine rings is 1. The Kier molecular flexibility index (Phi) is 7.43. The number of carbonyl (C=O) groups is 1. The van der Waals surface area contributed by atoms with Gasteiger partial charge in [-0.1, -0.05) is 48.5 Å². The molecule has 1 aliphatic rings. The molecule has 0 unspecified atom stereocenters. The van der Waals surface area contributed by atoms with Crippen molar-refractivity contribution in [3.8, 4) is 22.3 Å². The molecule has 0 spiro atoms. The number of alkyl halides is 3. The van der Waals surface area contributed by atoms with Crippen molar-refractivity contribution in [2.75, 3.05) is 19.0 Å². The molecule has 4 aromatic carbocycles. The molecule has 2 N–H and O–H groups in total. The summed E-state index contributed by atoms with van der Waals surface area (Å²) in [6, 6.07) is 21.3. The summed E-state index contributed by atoms with van der Waals surface area (Å²) in [5.41, 5.74) is 3.27. The molecule has 0 atom stereocenters. The van der Waals surface area contributed by atoms with Gasteiger partial charge in [-0.2, -0.15) is 21.6 Å². The van der Waals surface area contributed by atoms with Crippen LogP contribution in [0.1, 0.15) is 40.2 Å². The van der Waals surface area contributed by atoms with Gasteiger partial charge in [-0.15, -0.1) is 0 Å². The fourth-order valence-electron chi connectivity index (χ4n) is 5.32. The van der Waals surface area contributed by atoms with Crippen LogP contribution in [0.2, 0.25) is 0 Å². The monoisotopic (exact) mass is 569 g/mol. The van der Waals surface area contributed by atoms with Gasteiger partial charge in [0.05, 0.1) is 11.1 Å². The third-order valence-corrected chi connectivity index (χ3v) is 8.06. The van der Waals surface area contributed by atoms with Gasteiger partial charge >= 0.3 is 12.1 Å². The number of likely N-dealkylation sites (tertiary alicyclic amines) is 1.